The van der Waals surface area contributed by atoms with Crippen molar-refractivity contribution in [3.05, 3.63) is 18.0 Å². The highest BCUT2D eigenvalue weighted by atomic mass is 16.4. The Morgan fingerprint density at radius 3 is 2.82 bits per heavy atom. The molecule has 0 atom stereocenters. The molecular formula is C11H21N5O. The Balaban J connectivity index is 2.54. The maximum atomic E-state index is 8.51. The van der Waals surface area contributed by atoms with Gasteiger partial charge in [-0.1, -0.05) is 5.16 Å². The third-order valence-electron chi connectivity index (χ3n) is 2.66. The minimum atomic E-state index is 0.266. The van der Waals surface area contributed by atoms with Gasteiger partial charge in [-0.15, -0.1) is 0 Å². The molecule has 0 saturated heterocycles. The van der Waals surface area contributed by atoms with Gasteiger partial charge in [0, 0.05) is 44.4 Å². The van der Waals surface area contributed by atoms with Crippen molar-refractivity contribution in [3.8, 4) is 0 Å². The number of hydrogen-bond acceptors (Lipinski definition) is 4. The molecule has 3 N–H and O–H groups in total. The molecule has 96 valence electrons. The van der Waals surface area contributed by atoms with E-state index in [9.17, 15) is 0 Å². The van der Waals surface area contributed by atoms with Gasteiger partial charge in [0.1, 0.15) is 5.84 Å². The summed E-state index contributed by atoms with van der Waals surface area (Å²) in [6, 6.07) is 0.404. The van der Waals surface area contributed by atoms with E-state index in [-0.39, 0.29) is 5.84 Å². The van der Waals surface area contributed by atoms with Crippen LogP contribution in [0.2, 0.25) is 0 Å². The fraction of sp³-hybridized carbons (Fsp3) is 0.636. The molecular weight excluding hydrogens is 218 g/mol. The van der Waals surface area contributed by atoms with Crippen LogP contribution in [-0.2, 0) is 13.6 Å². The van der Waals surface area contributed by atoms with Gasteiger partial charge in [-0.25, -0.2) is 0 Å². The predicted molar refractivity (Wildman–Crippen MR) is 66.8 cm³/mol. The molecule has 0 amide bonds. The van der Waals surface area contributed by atoms with Gasteiger partial charge in [0.25, 0.3) is 0 Å². The van der Waals surface area contributed by atoms with Gasteiger partial charge in [-0.05, 0) is 13.8 Å². The van der Waals surface area contributed by atoms with E-state index in [1.165, 1.54) is 5.56 Å². The Morgan fingerprint density at radius 1 is 1.65 bits per heavy atom. The number of hydrogen-bond donors (Lipinski definition) is 2. The molecule has 0 aliphatic rings. The average Bonchev–Trinajstić information content (AvgIpc) is 2.69. The van der Waals surface area contributed by atoms with E-state index in [4.69, 9.17) is 10.9 Å². The Kier molecular flexibility index (Phi) is 4.96. The zero-order valence-electron chi connectivity index (χ0n) is 10.7. The van der Waals surface area contributed by atoms with Crippen LogP contribution in [0.25, 0.3) is 0 Å². The summed E-state index contributed by atoms with van der Waals surface area (Å²) in [5.41, 5.74) is 6.64. The number of aryl methyl sites for hydroxylation is 1. The molecule has 0 bridgehead atoms. The lowest BCUT2D eigenvalue weighted by Crippen LogP contribution is -2.33. The molecule has 0 radical (unpaired) electrons. The maximum Gasteiger partial charge on any atom is 0.140 e. The topological polar surface area (TPSA) is 79.7 Å². The summed E-state index contributed by atoms with van der Waals surface area (Å²) in [6.07, 6.45) is 4.42. The highest BCUT2D eigenvalue weighted by Crippen LogP contribution is 2.07. The molecule has 0 spiro atoms. The van der Waals surface area contributed by atoms with E-state index in [0.717, 1.165) is 13.1 Å². The van der Waals surface area contributed by atoms with Gasteiger partial charge >= 0.3 is 0 Å². The van der Waals surface area contributed by atoms with E-state index in [1.54, 1.807) is 4.68 Å². The quantitative estimate of drug-likeness (QED) is 0.332. The fourth-order valence-electron chi connectivity index (χ4n) is 1.62. The predicted octanol–water partition coefficient (Wildman–Crippen LogP) is 0.767. The Labute approximate surface area is 102 Å². The summed E-state index contributed by atoms with van der Waals surface area (Å²) < 4.78 is 1.79. The van der Waals surface area contributed by atoms with Crippen LogP contribution in [0.4, 0.5) is 0 Å². The normalized spacial score (nSPS) is 12.6. The van der Waals surface area contributed by atoms with Crippen molar-refractivity contribution in [2.24, 2.45) is 17.9 Å². The SMILES string of the molecule is CC(C)N(CCC(N)=NO)Cc1cnn(C)c1. The van der Waals surface area contributed by atoms with Gasteiger partial charge in [-0.2, -0.15) is 5.10 Å². The van der Waals surface area contributed by atoms with Crippen molar-refractivity contribution in [2.45, 2.75) is 32.9 Å². The second-order valence-electron chi connectivity index (χ2n) is 4.43. The second kappa shape index (κ2) is 6.24. The maximum absolute atomic E-state index is 8.51. The van der Waals surface area contributed by atoms with Crippen LogP contribution in [0.3, 0.4) is 0 Å². The third-order valence-corrected chi connectivity index (χ3v) is 2.66. The molecule has 0 aliphatic carbocycles. The molecule has 0 fully saturated rings. The highest BCUT2D eigenvalue weighted by Gasteiger charge is 2.11. The summed E-state index contributed by atoms with van der Waals surface area (Å²) in [6.45, 7) is 5.85. The highest BCUT2D eigenvalue weighted by molar-refractivity contribution is 5.79. The molecule has 17 heavy (non-hydrogen) atoms. The van der Waals surface area contributed by atoms with Gasteiger partial charge in [0.2, 0.25) is 0 Å². The standard InChI is InChI=1S/C11H21N5O/c1-9(2)16(5-4-11(12)14-17)8-10-6-13-15(3)7-10/h6-7,9,17H,4-5,8H2,1-3H3,(H2,12,14). The fourth-order valence-corrected chi connectivity index (χ4v) is 1.62. The summed E-state index contributed by atoms with van der Waals surface area (Å²) >= 11 is 0. The first-order valence-electron chi connectivity index (χ1n) is 5.71. The Hall–Kier alpha value is -1.56. The van der Waals surface area contributed by atoms with Crippen LogP contribution in [0, 0.1) is 0 Å². The summed E-state index contributed by atoms with van der Waals surface area (Å²) in [5, 5.41) is 15.6. The van der Waals surface area contributed by atoms with Crippen molar-refractivity contribution in [2.75, 3.05) is 6.54 Å². The minimum absolute atomic E-state index is 0.266. The van der Waals surface area contributed by atoms with Gasteiger partial charge in [0.05, 0.1) is 6.20 Å². The number of amidine groups is 1. The van der Waals surface area contributed by atoms with Gasteiger partial charge < -0.3 is 10.9 Å². The van der Waals surface area contributed by atoms with Gasteiger partial charge in [0.15, 0.2) is 0 Å². The molecule has 1 heterocycles. The van der Waals surface area contributed by atoms with E-state index >= 15 is 0 Å². The van der Waals surface area contributed by atoms with Crippen molar-refractivity contribution in [1.29, 1.82) is 0 Å². The molecule has 1 aromatic heterocycles. The lowest BCUT2D eigenvalue weighted by molar-refractivity contribution is 0.217. The summed E-state index contributed by atoms with van der Waals surface area (Å²) in [7, 11) is 1.90. The number of oxime groups is 1. The lowest BCUT2D eigenvalue weighted by atomic mass is 10.2. The first-order valence-corrected chi connectivity index (χ1v) is 5.71. The molecule has 1 rings (SSSR count). The van der Waals surface area contributed by atoms with Crippen LogP contribution in [0.1, 0.15) is 25.8 Å². The first-order chi connectivity index (χ1) is 8.02. The van der Waals surface area contributed by atoms with E-state index in [2.05, 4.69) is 29.0 Å². The van der Waals surface area contributed by atoms with Crippen LogP contribution >= 0.6 is 0 Å². The molecule has 0 aliphatic heterocycles. The third kappa shape index (κ3) is 4.44. The van der Waals surface area contributed by atoms with E-state index < -0.39 is 0 Å². The molecule has 6 nitrogen and oxygen atoms in total. The monoisotopic (exact) mass is 239 g/mol. The summed E-state index contributed by atoms with van der Waals surface area (Å²) in [5.74, 6) is 0.266. The number of aromatic nitrogens is 2. The first kappa shape index (κ1) is 13.5. The minimum Gasteiger partial charge on any atom is -0.409 e. The van der Waals surface area contributed by atoms with E-state index in [1.807, 2.05) is 19.4 Å². The molecule has 1 aromatic rings. The zero-order valence-corrected chi connectivity index (χ0v) is 10.7. The number of nitrogens with two attached hydrogens (primary N) is 1. The van der Waals surface area contributed by atoms with E-state index in [0.29, 0.717) is 12.5 Å². The molecule has 0 unspecified atom stereocenters. The Bertz CT molecular complexity index is 372. The van der Waals surface area contributed by atoms with Crippen molar-refractivity contribution < 1.29 is 5.21 Å². The zero-order chi connectivity index (χ0) is 12.8. The molecule has 0 aromatic carbocycles. The van der Waals surface area contributed by atoms with Crippen molar-refractivity contribution in [3.63, 3.8) is 0 Å². The molecule has 6 heteroatoms. The average molecular weight is 239 g/mol. The van der Waals surface area contributed by atoms with Crippen LogP contribution in [0.5, 0.6) is 0 Å². The van der Waals surface area contributed by atoms with Crippen molar-refractivity contribution >= 4 is 5.84 Å². The number of nitrogens with zero attached hydrogens (tertiary/aromatic N) is 4. The van der Waals surface area contributed by atoms with Crippen molar-refractivity contribution in [1.82, 2.24) is 14.7 Å². The molecule has 0 saturated carbocycles. The number of rotatable bonds is 6. The van der Waals surface area contributed by atoms with Gasteiger partial charge in [-0.3, -0.25) is 9.58 Å². The summed E-state index contributed by atoms with van der Waals surface area (Å²) in [4.78, 5) is 2.26. The largest absolute Gasteiger partial charge is 0.409 e. The smallest absolute Gasteiger partial charge is 0.140 e. The lowest BCUT2D eigenvalue weighted by Gasteiger charge is -2.25. The van der Waals surface area contributed by atoms with Crippen LogP contribution in [0.15, 0.2) is 17.5 Å². The van der Waals surface area contributed by atoms with Crippen LogP contribution < -0.4 is 5.73 Å². The Morgan fingerprint density at radius 2 is 2.35 bits per heavy atom. The second-order valence-corrected chi connectivity index (χ2v) is 4.43. The van der Waals surface area contributed by atoms with Crippen LogP contribution in [-0.4, -0.2) is 38.3 Å².